The van der Waals surface area contributed by atoms with Gasteiger partial charge in [0.15, 0.2) is 0 Å². The Kier molecular flexibility index (Phi) is 12.1. The zero-order chi connectivity index (χ0) is 20.0. The minimum atomic E-state index is -0.994. The van der Waals surface area contributed by atoms with Crippen LogP contribution in [0.4, 0.5) is 0 Å². The Morgan fingerprint density at radius 1 is 1.00 bits per heavy atom. The van der Waals surface area contributed by atoms with E-state index in [4.69, 9.17) is 5.11 Å². The van der Waals surface area contributed by atoms with Crippen molar-refractivity contribution in [3.63, 3.8) is 0 Å². The zero-order valence-electron chi connectivity index (χ0n) is 16.6. The molecule has 1 rings (SSSR count). The molecule has 0 atom stereocenters. The van der Waals surface area contributed by atoms with Crippen molar-refractivity contribution in [2.45, 2.75) is 45.4 Å². The van der Waals surface area contributed by atoms with E-state index in [0.29, 0.717) is 18.5 Å². The normalized spacial score (nSPS) is 10.6. The Labute approximate surface area is 157 Å². The van der Waals surface area contributed by atoms with Crippen molar-refractivity contribution in [3.05, 3.63) is 29.8 Å². The van der Waals surface area contributed by atoms with Crippen LogP contribution in [-0.2, 0) is 4.79 Å². The third-order valence-electron chi connectivity index (χ3n) is 3.92. The highest BCUT2D eigenvalue weighted by atomic mass is 16.4. The number of carbonyl (C=O) groups is 2. The number of carboxylic acids is 1. The number of hydrogen-bond donors (Lipinski definition) is 2. The predicted molar refractivity (Wildman–Crippen MR) is 102 cm³/mol. The summed E-state index contributed by atoms with van der Waals surface area (Å²) >= 11 is 0. The summed E-state index contributed by atoms with van der Waals surface area (Å²) in [6.45, 7) is 3.99. The summed E-state index contributed by atoms with van der Waals surface area (Å²) in [6, 6.07) is 6.10. The molecule has 26 heavy (non-hydrogen) atoms. The minimum Gasteiger partial charge on any atom is -0.550 e. The molecule has 0 saturated carbocycles. The molecule has 0 spiro atoms. The number of unbranched alkanes of at least 4 members (excludes halogenated alkanes) is 4. The van der Waals surface area contributed by atoms with Gasteiger partial charge in [-0.1, -0.05) is 19.3 Å². The quantitative estimate of drug-likeness (QED) is 0.489. The van der Waals surface area contributed by atoms with Gasteiger partial charge in [-0.3, -0.25) is 4.79 Å². The lowest BCUT2D eigenvalue weighted by Crippen LogP contribution is -2.33. The first-order valence-electron chi connectivity index (χ1n) is 9.23. The number of rotatable bonds is 10. The van der Waals surface area contributed by atoms with Crippen molar-refractivity contribution in [1.82, 2.24) is 5.32 Å². The zero-order valence-corrected chi connectivity index (χ0v) is 16.6. The van der Waals surface area contributed by atoms with E-state index in [-0.39, 0.29) is 18.1 Å². The molecule has 0 heterocycles. The molecular weight excluding hydrogens is 332 g/mol. The molecule has 2 N–H and O–H groups in total. The molecular formula is C20H34N2O4. The van der Waals surface area contributed by atoms with E-state index >= 15 is 0 Å². The summed E-state index contributed by atoms with van der Waals surface area (Å²) in [6.07, 6.45) is 4.44. The van der Waals surface area contributed by atoms with E-state index < -0.39 is 5.97 Å². The number of quaternary nitrogens is 1. The maximum Gasteiger partial charge on any atom is 0.251 e. The lowest BCUT2D eigenvalue weighted by Gasteiger charge is -2.20. The Morgan fingerprint density at radius 3 is 2.00 bits per heavy atom. The van der Waals surface area contributed by atoms with Gasteiger partial charge in [-0.05, 0) is 50.5 Å². The topological polar surface area (TPSA) is 89.5 Å². The summed E-state index contributed by atoms with van der Waals surface area (Å²) in [4.78, 5) is 21.9. The second-order valence-corrected chi connectivity index (χ2v) is 7.30. The number of carbonyl (C=O) groups excluding carboxylic acids is 2. The van der Waals surface area contributed by atoms with Gasteiger partial charge in [0, 0.05) is 18.1 Å². The summed E-state index contributed by atoms with van der Waals surface area (Å²) < 4.78 is 1.07. The van der Waals surface area contributed by atoms with E-state index in [1.165, 1.54) is 18.7 Å². The van der Waals surface area contributed by atoms with Crippen LogP contribution < -0.4 is 10.4 Å². The van der Waals surface area contributed by atoms with Gasteiger partial charge >= 0.3 is 0 Å². The number of benzene rings is 1. The lowest BCUT2D eigenvalue weighted by atomic mass is 10.1. The molecule has 0 aliphatic rings. The van der Waals surface area contributed by atoms with E-state index in [0.717, 1.165) is 30.2 Å². The molecule has 6 heteroatoms. The van der Waals surface area contributed by atoms with Gasteiger partial charge in [-0.25, -0.2) is 0 Å². The van der Waals surface area contributed by atoms with Crippen LogP contribution in [0, 0.1) is 0 Å². The Balaban J connectivity index is 0.000000896. The molecule has 1 aromatic rings. The molecule has 1 aromatic carbocycles. The molecule has 0 saturated heterocycles. The van der Waals surface area contributed by atoms with Crippen LogP contribution in [0.3, 0.4) is 0 Å². The van der Waals surface area contributed by atoms with Gasteiger partial charge in [0.2, 0.25) is 0 Å². The second-order valence-electron chi connectivity index (χ2n) is 7.30. The van der Waals surface area contributed by atoms with Gasteiger partial charge in [-0.2, -0.15) is 0 Å². The highest BCUT2D eigenvalue weighted by Crippen LogP contribution is 2.09. The van der Waals surface area contributed by atoms with E-state index in [1.54, 1.807) is 12.1 Å². The highest BCUT2D eigenvalue weighted by molar-refractivity contribution is 5.94. The number of amides is 1. The fraction of sp³-hybridized carbons (Fsp3) is 0.600. The van der Waals surface area contributed by atoms with Gasteiger partial charge < -0.3 is 24.8 Å². The van der Waals surface area contributed by atoms with Crippen LogP contribution in [0.5, 0.6) is 5.75 Å². The van der Waals surface area contributed by atoms with Crippen LogP contribution in [0.15, 0.2) is 24.3 Å². The van der Waals surface area contributed by atoms with Gasteiger partial charge in [0.05, 0.1) is 27.7 Å². The Morgan fingerprint density at radius 2 is 1.50 bits per heavy atom. The van der Waals surface area contributed by atoms with Crippen molar-refractivity contribution >= 4 is 11.9 Å². The predicted octanol–water partition coefficient (Wildman–Crippen LogP) is 1.92. The summed E-state index contributed by atoms with van der Waals surface area (Å²) in [5, 5.41) is 22.1. The maximum atomic E-state index is 11.7. The summed E-state index contributed by atoms with van der Waals surface area (Å²) in [5.41, 5.74) is 0.525. The summed E-state index contributed by atoms with van der Waals surface area (Å²) in [5.74, 6) is -1.01. The van der Waals surface area contributed by atoms with Crippen molar-refractivity contribution in [3.8, 4) is 5.75 Å². The van der Waals surface area contributed by atoms with Crippen LogP contribution >= 0.6 is 0 Å². The number of phenolic OH excluding ortho intramolecular Hbond substituents is 1. The maximum absolute atomic E-state index is 11.7. The van der Waals surface area contributed by atoms with Crippen LogP contribution in [0.2, 0.25) is 0 Å². The average molecular weight is 367 g/mol. The SMILES string of the molecule is CC[N+](C)(C)C.O=C([O-])CCCCCCCNC(=O)c1ccc(O)cc1. The summed E-state index contributed by atoms with van der Waals surface area (Å²) in [7, 11) is 6.54. The molecule has 0 unspecified atom stereocenters. The van der Waals surface area contributed by atoms with E-state index in [2.05, 4.69) is 33.4 Å². The first kappa shape index (κ1) is 23.9. The Hall–Kier alpha value is -2.08. The molecule has 148 valence electrons. The number of phenols is 1. The third kappa shape index (κ3) is 14.3. The minimum absolute atomic E-state index is 0.123. The molecule has 0 fully saturated rings. The van der Waals surface area contributed by atoms with E-state index in [9.17, 15) is 14.7 Å². The number of aromatic hydroxyl groups is 1. The smallest absolute Gasteiger partial charge is 0.251 e. The number of hydrogen-bond acceptors (Lipinski definition) is 4. The Bertz CT molecular complexity index is 522. The molecule has 6 nitrogen and oxygen atoms in total. The fourth-order valence-electron chi connectivity index (χ4n) is 1.84. The first-order chi connectivity index (χ1) is 12.2. The second kappa shape index (κ2) is 13.2. The molecule has 1 amide bonds. The standard InChI is InChI=1S/C15H21NO4.C5H14N/c17-13-9-7-12(8-10-13)15(20)16-11-5-3-1-2-4-6-14(18)19;1-5-6(2,3)4/h7-10,17H,1-6,11H2,(H,16,20)(H,18,19);5H2,1-4H3/q;+1/p-1. The monoisotopic (exact) mass is 366 g/mol. The van der Waals surface area contributed by atoms with Gasteiger partial charge in [0.25, 0.3) is 5.91 Å². The van der Waals surface area contributed by atoms with Crippen molar-refractivity contribution in [1.29, 1.82) is 0 Å². The van der Waals surface area contributed by atoms with Gasteiger partial charge in [-0.15, -0.1) is 0 Å². The number of carboxylic acid groups (broad SMARTS) is 1. The van der Waals surface area contributed by atoms with Crippen LogP contribution in [0.25, 0.3) is 0 Å². The lowest BCUT2D eigenvalue weighted by molar-refractivity contribution is -0.868. The average Bonchev–Trinajstić information content (AvgIpc) is 2.57. The third-order valence-corrected chi connectivity index (χ3v) is 3.92. The van der Waals surface area contributed by atoms with E-state index in [1.807, 2.05) is 0 Å². The van der Waals surface area contributed by atoms with Crippen LogP contribution in [0.1, 0.15) is 55.8 Å². The van der Waals surface area contributed by atoms with Crippen LogP contribution in [-0.4, -0.2) is 55.7 Å². The molecule has 0 aromatic heterocycles. The molecule has 0 aliphatic heterocycles. The van der Waals surface area contributed by atoms with Crippen molar-refractivity contribution < 1.29 is 24.3 Å². The molecule has 0 bridgehead atoms. The fourth-order valence-corrected chi connectivity index (χ4v) is 1.84. The highest BCUT2D eigenvalue weighted by Gasteiger charge is 2.03. The molecule has 0 aliphatic carbocycles. The van der Waals surface area contributed by atoms with Gasteiger partial charge in [0.1, 0.15) is 5.75 Å². The largest absolute Gasteiger partial charge is 0.550 e. The molecule has 0 radical (unpaired) electrons. The number of nitrogens with one attached hydrogen (secondary N) is 1. The first-order valence-corrected chi connectivity index (χ1v) is 9.23. The van der Waals surface area contributed by atoms with Crippen molar-refractivity contribution in [2.24, 2.45) is 0 Å². The van der Waals surface area contributed by atoms with Crippen molar-refractivity contribution in [2.75, 3.05) is 34.2 Å². The number of aliphatic carboxylic acids is 1. The number of nitrogens with zero attached hydrogens (tertiary/aromatic N) is 1.